The van der Waals surface area contributed by atoms with Gasteiger partial charge < -0.3 is 13.6 Å². The zero-order valence-corrected chi connectivity index (χ0v) is 25.9. The number of benzene rings is 8. The molecule has 51 heavy (non-hydrogen) atoms. The molecule has 3 heterocycles. The Kier molecular flexibility index (Phi) is 3.01. The van der Waals surface area contributed by atoms with Crippen molar-refractivity contribution in [1.82, 2.24) is 9.13 Å². The Hall–Kier alpha value is -6.84. The number of nitrogens with zero attached hydrogens (tertiary/aromatic N) is 2. The fraction of sp³-hybridized carbons (Fsp3) is 0. The third-order valence-electron chi connectivity index (χ3n) is 8.90. The van der Waals surface area contributed by atoms with Gasteiger partial charge in [-0.15, -0.1) is 0 Å². The molecular weight excluding hydrogens is 621 g/mol. The number of para-hydroxylation sites is 3. The molecule has 0 atom stereocenters. The summed E-state index contributed by atoms with van der Waals surface area (Å²) in [5.74, 6) is 0. The molecule has 11 rings (SSSR count). The highest BCUT2D eigenvalue weighted by molar-refractivity contribution is 6.18. The van der Waals surface area contributed by atoms with Crippen LogP contribution in [0.5, 0.6) is 0 Å². The number of fused-ring (bicyclic) bond motifs is 9. The molecule has 0 aliphatic carbocycles. The second-order valence-electron chi connectivity index (χ2n) is 11.6. The fourth-order valence-electron chi connectivity index (χ4n) is 6.78. The van der Waals surface area contributed by atoms with Crippen molar-refractivity contribution in [2.75, 3.05) is 0 Å². The van der Waals surface area contributed by atoms with Crippen LogP contribution in [0.1, 0.15) is 30.2 Å². The first-order chi connectivity index (χ1) is 34.5. The SMILES string of the molecule is [2H]c1cc(-c2c([2H])c([2H])c([2H])c3oc4c([2H])c(-n5c6cc([2H])c(-c7c([2H])c([2H])c([2H])c8c7c7cc([2H])c([2H])c([2H])c7n8-c7ccccc7)c([2H])c6c6c([2H])c([2H])c([2H])c([2H])c65)c([2H])c([2H])c4c23)c([2H])c([2H])c1[2H]. The van der Waals surface area contributed by atoms with Crippen LogP contribution in [0, 0.1) is 0 Å². The van der Waals surface area contributed by atoms with Crippen LogP contribution in [0.15, 0.2) is 186 Å². The van der Waals surface area contributed by atoms with Crippen molar-refractivity contribution in [1.29, 1.82) is 0 Å². The maximum Gasteiger partial charge on any atom is 0.137 e. The van der Waals surface area contributed by atoms with Crippen molar-refractivity contribution in [3.8, 4) is 33.6 Å². The molecule has 3 nitrogen and oxygen atoms in total. The Labute approximate surface area is 324 Å². The van der Waals surface area contributed by atoms with E-state index in [1.165, 1.54) is 10.6 Å². The molecule has 0 bridgehead atoms. The summed E-state index contributed by atoms with van der Waals surface area (Å²) in [6, 6.07) is -2.29. The lowest BCUT2D eigenvalue weighted by Gasteiger charge is -2.10. The van der Waals surface area contributed by atoms with Gasteiger partial charge in [0, 0.05) is 49.7 Å². The molecule has 0 amide bonds. The van der Waals surface area contributed by atoms with Crippen LogP contribution in [-0.2, 0) is 0 Å². The average molecular weight is 673 g/mol. The molecule has 0 radical (unpaired) electrons. The maximum absolute atomic E-state index is 10.00. The minimum atomic E-state index is -0.803. The van der Waals surface area contributed by atoms with E-state index in [0.717, 1.165) is 16.7 Å². The Balaban J connectivity index is 1.31. The quantitative estimate of drug-likeness (QED) is 0.182. The van der Waals surface area contributed by atoms with Crippen LogP contribution in [0.4, 0.5) is 0 Å². The molecule has 0 unspecified atom stereocenters. The van der Waals surface area contributed by atoms with Crippen molar-refractivity contribution in [3.05, 3.63) is 181 Å². The van der Waals surface area contributed by atoms with Gasteiger partial charge in [-0.3, -0.25) is 0 Å². The van der Waals surface area contributed by atoms with Crippen LogP contribution in [-0.4, -0.2) is 9.13 Å². The molecule has 0 saturated heterocycles. The first kappa shape index (κ1) is 14.2. The predicted molar refractivity (Wildman–Crippen MR) is 213 cm³/mol. The highest BCUT2D eigenvalue weighted by atomic mass is 16.3. The first-order valence-corrected chi connectivity index (χ1v) is 15.6. The van der Waals surface area contributed by atoms with E-state index in [1.807, 2.05) is 0 Å². The molecule has 0 spiro atoms. The van der Waals surface area contributed by atoms with E-state index in [0.29, 0.717) is 5.69 Å². The van der Waals surface area contributed by atoms with E-state index in [4.69, 9.17) is 22.2 Å². The second kappa shape index (κ2) is 10.8. The van der Waals surface area contributed by atoms with Crippen LogP contribution in [0.25, 0.3) is 99.2 Å². The van der Waals surface area contributed by atoms with Crippen molar-refractivity contribution in [2.24, 2.45) is 0 Å². The van der Waals surface area contributed by atoms with Crippen LogP contribution >= 0.6 is 0 Å². The lowest BCUT2D eigenvalue weighted by Crippen LogP contribution is -1.93. The molecule has 0 saturated carbocycles. The monoisotopic (exact) mass is 672 g/mol. The van der Waals surface area contributed by atoms with Crippen LogP contribution < -0.4 is 0 Å². The Morgan fingerprint density at radius 1 is 0.392 bits per heavy atom. The zero-order chi connectivity index (χ0) is 52.6. The summed E-state index contributed by atoms with van der Waals surface area (Å²) in [6.07, 6.45) is 0. The van der Waals surface area contributed by atoms with Crippen LogP contribution in [0.2, 0.25) is 0 Å². The standard InChI is InChI=1S/C48H30N2O/c1-3-13-31(14-4-1)35-20-12-24-45-48(35)39-27-26-34(30-46(39)51-45)50-41-21-9-7-17-37(41)40-29-32(25-28-43(40)50)36-19-11-23-44-47(36)38-18-8-10-22-42(38)49(44)33-15-5-2-6-16-33/h1-30H/i1D,3D,4D,7D,8D,9D,10D,11D,12D,13D,17D,19D,20D,21D,22D,23D,24D,25D,26D,27D,29D,30D. The summed E-state index contributed by atoms with van der Waals surface area (Å²) in [7, 11) is 0. The topological polar surface area (TPSA) is 23.0 Å². The van der Waals surface area contributed by atoms with E-state index in [9.17, 15) is 12.3 Å². The molecule has 0 N–H and O–H groups in total. The molecule has 0 aliphatic rings. The normalized spacial score (nSPS) is 18.0. The van der Waals surface area contributed by atoms with Crippen molar-refractivity contribution in [3.63, 3.8) is 0 Å². The molecule has 3 heteroatoms. The predicted octanol–water partition coefficient (Wildman–Crippen LogP) is 13.1. The van der Waals surface area contributed by atoms with Gasteiger partial charge in [0.25, 0.3) is 0 Å². The summed E-state index contributed by atoms with van der Waals surface area (Å²) in [5.41, 5.74) is -3.20. The van der Waals surface area contributed by atoms with Gasteiger partial charge in [0.2, 0.25) is 0 Å². The van der Waals surface area contributed by atoms with Gasteiger partial charge in [-0.25, -0.2) is 0 Å². The minimum Gasteiger partial charge on any atom is -0.456 e. The Morgan fingerprint density at radius 2 is 1.14 bits per heavy atom. The Morgan fingerprint density at radius 3 is 2.06 bits per heavy atom. The van der Waals surface area contributed by atoms with Crippen molar-refractivity contribution < 1.29 is 34.6 Å². The van der Waals surface area contributed by atoms with E-state index < -0.39 is 155 Å². The number of aromatic nitrogens is 2. The highest BCUT2D eigenvalue weighted by Crippen LogP contribution is 2.42. The Bertz CT molecular complexity index is 4400. The number of rotatable bonds is 4. The van der Waals surface area contributed by atoms with Gasteiger partial charge in [0.1, 0.15) is 11.2 Å². The summed E-state index contributed by atoms with van der Waals surface area (Å²) >= 11 is 0. The lowest BCUT2D eigenvalue weighted by atomic mass is 9.98. The summed E-state index contributed by atoms with van der Waals surface area (Å²) in [4.78, 5) is 0. The second-order valence-corrected chi connectivity index (χ2v) is 11.6. The third-order valence-corrected chi connectivity index (χ3v) is 8.90. The van der Waals surface area contributed by atoms with Crippen molar-refractivity contribution >= 4 is 65.6 Å². The molecule has 0 fully saturated rings. The van der Waals surface area contributed by atoms with Gasteiger partial charge >= 0.3 is 0 Å². The van der Waals surface area contributed by atoms with E-state index in [2.05, 4.69) is 0 Å². The van der Waals surface area contributed by atoms with Gasteiger partial charge in [0.05, 0.1) is 52.2 Å². The van der Waals surface area contributed by atoms with E-state index in [-0.39, 0.29) is 71.1 Å². The van der Waals surface area contributed by atoms with Gasteiger partial charge in [-0.2, -0.15) is 0 Å². The summed E-state index contributed by atoms with van der Waals surface area (Å²) in [5, 5.41) is -1.25. The molecule has 0 aliphatic heterocycles. The molecule has 11 aromatic rings. The molecule has 3 aromatic heterocycles. The van der Waals surface area contributed by atoms with Gasteiger partial charge in [-0.1, -0.05) is 115 Å². The average Bonchev–Trinajstić information content (AvgIpc) is 4.04. The van der Waals surface area contributed by atoms with Crippen molar-refractivity contribution in [2.45, 2.75) is 0 Å². The number of hydrogen-bond donors (Lipinski definition) is 0. The molecule has 238 valence electrons. The lowest BCUT2D eigenvalue weighted by molar-refractivity contribution is 0.668. The minimum absolute atomic E-state index is 0.0270. The number of hydrogen-bond acceptors (Lipinski definition) is 1. The molecule has 8 aromatic carbocycles. The molecular formula is C48H30N2O. The summed E-state index contributed by atoms with van der Waals surface area (Å²) in [6.45, 7) is 0. The highest BCUT2D eigenvalue weighted by Gasteiger charge is 2.19. The first-order valence-electron chi connectivity index (χ1n) is 26.6. The van der Waals surface area contributed by atoms with Gasteiger partial charge in [0.15, 0.2) is 0 Å². The zero-order valence-electron chi connectivity index (χ0n) is 47.9. The third kappa shape index (κ3) is 4.12. The van der Waals surface area contributed by atoms with E-state index in [1.54, 1.807) is 30.3 Å². The van der Waals surface area contributed by atoms with Crippen LogP contribution in [0.3, 0.4) is 0 Å². The smallest absolute Gasteiger partial charge is 0.137 e. The van der Waals surface area contributed by atoms with E-state index >= 15 is 0 Å². The maximum atomic E-state index is 10.00. The fourth-order valence-corrected chi connectivity index (χ4v) is 6.78. The van der Waals surface area contributed by atoms with Gasteiger partial charge in [-0.05, 0) is 82.7 Å². The number of furan rings is 1. The largest absolute Gasteiger partial charge is 0.456 e. The summed E-state index contributed by atoms with van der Waals surface area (Å²) < 4.78 is 207.